The molecule has 0 unspecified atom stereocenters. The Morgan fingerprint density at radius 2 is 2.08 bits per heavy atom. The molecule has 0 saturated heterocycles. The van der Waals surface area contributed by atoms with Crippen molar-refractivity contribution in [1.82, 2.24) is 19.5 Å². The number of aromatic amines is 1. The number of nitrogens with zero attached hydrogens (tertiary/aromatic N) is 3. The molecule has 4 aromatic rings. The second-order valence-corrected chi connectivity index (χ2v) is 7.05. The number of fused-ring (bicyclic) bond motifs is 1. The Labute approximate surface area is 149 Å². The van der Waals surface area contributed by atoms with Gasteiger partial charge in [0, 0.05) is 23.8 Å². The van der Waals surface area contributed by atoms with Crippen LogP contribution in [0.25, 0.3) is 10.2 Å². The number of hydrogen-bond acceptors (Lipinski definition) is 4. The van der Waals surface area contributed by atoms with Gasteiger partial charge in [-0.05, 0) is 18.1 Å². The molecular weight excluding hydrogens is 332 g/mol. The highest BCUT2D eigenvalue weighted by Gasteiger charge is 2.11. The molecule has 3 aromatic heterocycles. The smallest absolute Gasteiger partial charge is 0.259 e. The van der Waals surface area contributed by atoms with Gasteiger partial charge in [0.2, 0.25) is 0 Å². The van der Waals surface area contributed by atoms with Gasteiger partial charge >= 0.3 is 0 Å². The topological polar surface area (TPSA) is 63.6 Å². The maximum atomic E-state index is 12.3. The van der Waals surface area contributed by atoms with Crippen molar-refractivity contribution in [3.05, 3.63) is 81.2 Å². The maximum absolute atomic E-state index is 12.3. The Bertz CT molecular complexity index is 1060. The number of rotatable bonds is 5. The zero-order valence-corrected chi connectivity index (χ0v) is 14.7. The van der Waals surface area contributed by atoms with Crippen LogP contribution in [0.4, 0.5) is 0 Å². The monoisotopic (exact) mass is 350 g/mol. The minimum atomic E-state index is -0.0721. The molecular formula is C19H18N4OS. The quantitative estimate of drug-likeness (QED) is 0.600. The van der Waals surface area contributed by atoms with Crippen molar-refractivity contribution in [2.24, 2.45) is 0 Å². The third kappa shape index (κ3) is 3.25. The van der Waals surface area contributed by atoms with E-state index < -0.39 is 0 Å². The second-order valence-electron chi connectivity index (χ2n) is 5.93. The molecule has 3 heterocycles. The van der Waals surface area contributed by atoms with Crippen LogP contribution in [0.5, 0.6) is 0 Å². The molecule has 126 valence electrons. The number of aromatic nitrogens is 4. The van der Waals surface area contributed by atoms with Crippen LogP contribution in [-0.4, -0.2) is 19.5 Å². The molecule has 0 saturated carbocycles. The van der Waals surface area contributed by atoms with E-state index in [1.807, 2.05) is 30.5 Å². The largest absolute Gasteiger partial charge is 0.330 e. The number of imidazole rings is 1. The van der Waals surface area contributed by atoms with Crippen molar-refractivity contribution in [3.8, 4) is 0 Å². The van der Waals surface area contributed by atoms with E-state index in [4.69, 9.17) is 0 Å². The third-order valence-electron chi connectivity index (χ3n) is 4.17. The molecule has 4 rings (SSSR count). The van der Waals surface area contributed by atoms with Gasteiger partial charge < -0.3 is 9.55 Å². The lowest BCUT2D eigenvalue weighted by Gasteiger charge is -2.07. The first-order chi connectivity index (χ1) is 12.2. The van der Waals surface area contributed by atoms with Crippen LogP contribution < -0.4 is 5.56 Å². The Morgan fingerprint density at radius 3 is 2.88 bits per heavy atom. The fraction of sp³-hybridized carbons (Fsp3) is 0.211. The number of nitrogens with one attached hydrogen (secondary N) is 1. The minimum absolute atomic E-state index is 0.0721. The number of hydrogen-bond donors (Lipinski definition) is 1. The van der Waals surface area contributed by atoms with E-state index in [1.165, 1.54) is 10.4 Å². The van der Waals surface area contributed by atoms with E-state index in [0.29, 0.717) is 17.6 Å². The fourth-order valence-electron chi connectivity index (χ4n) is 2.86. The molecule has 0 amide bonds. The van der Waals surface area contributed by atoms with Crippen molar-refractivity contribution in [2.45, 2.75) is 26.3 Å². The Hall–Kier alpha value is -2.73. The van der Waals surface area contributed by atoms with Crippen LogP contribution in [0.15, 0.2) is 53.6 Å². The fourth-order valence-corrected chi connectivity index (χ4v) is 3.85. The van der Waals surface area contributed by atoms with E-state index in [9.17, 15) is 4.79 Å². The summed E-state index contributed by atoms with van der Waals surface area (Å²) in [6.07, 6.45) is 5.16. The zero-order chi connectivity index (χ0) is 17.2. The normalized spacial score (nSPS) is 11.2. The molecule has 0 aliphatic carbocycles. The lowest BCUT2D eigenvalue weighted by molar-refractivity contribution is 0.728. The molecule has 0 aliphatic rings. The summed E-state index contributed by atoms with van der Waals surface area (Å²) in [4.78, 5) is 26.3. The highest BCUT2D eigenvalue weighted by Crippen LogP contribution is 2.21. The first-order valence-corrected chi connectivity index (χ1v) is 9.10. The first-order valence-electron chi connectivity index (χ1n) is 8.28. The standard InChI is InChI=1S/C19H18N4OS/c1-2-14-10-15-18(24)21-16(22-19(15)25-14)11-17-20-8-9-23(17)12-13-6-4-3-5-7-13/h3-10H,2,11-12H2,1H3,(H,21,22,24). The highest BCUT2D eigenvalue weighted by atomic mass is 32.1. The SMILES string of the molecule is CCc1cc2c(=O)[nH]c(Cc3nccn3Cc3ccccc3)nc2s1. The molecule has 0 spiro atoms. The predicted molar refractivity (Wildman–Crippen MR) is 100 cm³/mol. The first kappa shape index (κ1) is 15.8. The summed E-state index contributed by atoms with van der Waals surface area (Å²) in [5, 5.41) is 0.679. The summed E-state index contributed by atoms with van der Waals surface area (Å²) in [5.41, 5.74) is 1.14. The summed E-state index contributed by atoms with van der Waals surface area (Å²) < 4.78 is 2.09. The molecule has 0 fully saturated rings. The number of H-pyrrole nitrogens is 1. The average Bonchev–Trinajstić information content (AvgIpc) is 3.23. The van der Waals surface area contributed by atoms with Crippen LogP contribution in [-0.2, 0) is 19.4 Å². The van der Waals surface area contributed by atoms with Gasteiger partial charge in [0.25, 0.3) is 5.56 Å². The van der Waals surface area contributed by atoms with Crippen molar-refractivity contribution in [2.75, 3.05) is 0 Å². The van der Waals surface area contributed by atoms with Crippen molar-refractivity contribution in [1.29, 1.82) is 0 Å². The van der Waals surface area contributed by atoms with Crippen LogP contribution in [0, 0.1) is 0 Å². The number of aryl methyl sites for hydroxylation is 1. The molecule has 1 aromatic carbocycles. The molecule has 25 heavy (non-hydrogen) atoms. The van der Waals surface area contributed by atoms with Crippen molar-refractivity contribution >= 4 is 21.6 Å². The Balaban J connectivity index is 1.64. The van der Waals surface area contributed by atoms with Gasteiger partial charge in [0.1, 0.15) is 16.5 Å². The summed E-state index contributed by atoms with van der Waals surface area (Å²) in [7, 11) is 0. The number of benzene rings is 1. The van der Waals surface area contributed by atoms with Gasteiger partial charge in [0.05, 0.1) is 11.8 Å². The zero-order valence-electron chi connectivity index (χ0n) is 13.9. The Morgan fingerprint density at radius 1 is 1.24 bits per heavy atom. The summed E-state index contributed by atoms with van der Waals surface area (Å²) in [6.45, 7) is 2.84. The summed E-state index contributed by atoms with van der Waals surface area (Å²) >= 11 is 1.59. The third-order valence-corrected chi connectivity index (χ3v) is 5.35. The van der Waals surface area contributed by atoms with Crippen molar-refractivity contribution in [3.63, 3.8) is 0 Å². The van der Waals surface area contributed by atoms with Crippen LogP contribution >= 0.6 is 11.3 Å². The van der Waals surface area contributed by atoms with Gasteiger partial charge in [0.15, 0.2) is 0 Å². The molecule has 0 bridgehead atoms. The van der Waals surface area contributed by atoms with E-state index in [-0.39, 0.29) is 5.56 Å². The summed E-state index contributed by atoms with van der Waals surface area (Å²) in [6, 6.07) is 12.2. The van der Waals surface area contributed by atoms with Crippen LogP contribution in [0.1, 0.15) is 29.0 Å². The summed E-state index contributed by atoms with van der Waals surface area (Å²) in [5.74, 6) is 1.54. The number of thiophene rings is 1. The van der Waals surface area contributed by atoms with E-state index in [1.54, 1.807) is 17.5 Å². The van der Waals surface area contributed by atoms with Gasteiger partial charge in [-0.2, -0.15) is 0 Å². The van der Waals surface area contributed by atoms with E-state index in [0.717, 1.165) is 23.6 Å². The molecule has 6 heteroatoms. The Kier molecular flexibility index (Phi) is 4.19. The van der Waals surface area contributed by atoms with Crippen LogP contribution in [0.2, 0.25) is 0 Å². The predicted octanol–water partition coefficient (Wildman–Crippen LogP) is 3.38. The van der Waals surface area contributed by atoms with Gasteiger partial charge in [-0.3, -0.25) is 4.79 Å². The lowest BCUT2D eigenvalue weighted by atomic mass is 10.2. The van der Waals surface area contributed by atoms with Gasteiger partial charge in [-0.25, -0.2) is 9.97 Å². The molecule has 0 aliphatic heterocycles. The van der Waals surface area contributed by atoms with E-state index in [2.05, 4.69) is 38.6 Å². The highest BCUT2D eigenvalue weighted by molar-refractivity contribution is 7.18. The molecule has 1 N–H and O–H groups in total. The minimum Gasteiger partial charge on any atom is -0.330 e. The lowest BCUT2D eigenvalue weighted by Crippen LogP contribution is -2.13. The maximum Gasteiger partial charge on any atom is 0.259 e. The second kappa shape index (κ2) is 6.64. The molecule has 0 radical (unpaired) electrons. The van der Waals surface area contributed by atoms with Crippen molar-refractivity contribution < 1.29 is 0 Å². The molecule has 0 atom stereocenters. The van der Waals surface area contributed by atoms with E-state index >= 15 is 0 Å². The van der Waals surface area contributed by atoms with Gasteiger partial charge in [-0.15, -0.1) is 11.3 Å². The van der Waals surface area contributed by atoms with Gasteiger partial charge in [-0.1, -0.05) is 37.3 Å². The molecule has 5 nitrogen and oxygen atoms in total. The van der Waals surface area contributed by atoms with Crippen LogP contribution in [0.3, 0.4) is 0 Å². The average molecular weight is 350 g/mol.